The van der Waals surface area contributed by atoms with Gasteiger partial charge >= 0.3 is 5.97 Å². The van der Waals surface area contributed by atoms with Gasteiger partial charge in [-0.2, -0.15) is 0 Å². The zero-order valence-electron chi connectivity index (χ0n) is 17.6. The zero-order chi connectivity index (χ0) is 22.8. The number of nitrogens with one attached hydrogen (secondary N) is 3. The molecule has 10 heteroatoms. The minimum absolute atomic E-state index is 0.109. The molecule has 1 aromatic rings. The number of phenolic OH excluding ortho intramolecular Hbond substituents is 1. The van der Waals surface area contributed by atoms with Gasteiger partial charge in [-0.3, -0.25) is 14.4 Å². The molecule has 0 fully saturated rings. The number of benzene rings is 1. The molecule has 0 aliphatic rings. The number of rotatable bonds is 10. The summed E-state index contributed by atoms with van der Waals surface area (Å²) < 4.78 is 4.64. The lowest BCUT2D eigenvalue weighted by Crippen LogP contribution is -2.53. The van der Waals surface area contributed by atoms with Crippen LogP contribution in [0.5, 0.6) is 5.75 Å². The smallest absolute Gasteiger partial charge is 0.328 e. The number of nitrogens with two attached hydrogens (primary N) is 1. The molecular formula is C20H30N4O6. The Morgan fingerprint density at radius 1 is 1.03 bits per heavy atom. The van der Waals surface area contributed by atoms with Crippen molar-refractivity contribution in [1.82, 2.24) is 16.0 Å². The maximum absolute atomic E-state index is 12.2. The van der Waals surface area contributed by atoms with Crippen LogP contribution in [0.1, 0.15) is 26.3 Å². The van der Waals surface area contributed by atoms with Crippen LogP contribution in [-0.2, 0) is 30.3 Å². The molecule has 30 heavy (non-hydrogen) atoms. The first-order valence-electron chi connectivity index (χ1n) is 9.53. The van der Waals surface area contributed by atoms with Crippen LogP contribution in [0.3, 0.4) is 0 Å². The van der Waals surface area contributed by atoms with Crippen molar-refractivity contribution < 1.29 is 29.0 Å². The Morgan fingerprint density at radius 3 is 2.17 bits per heavy atom. The zero-order valence-corrected chi connectivity index (χ0v) is 17.6. The largest absolute Gasteiger partial charge is 0.508 e. The lowest BCUT2D eigenvalue weighted by molar-refractivity contribution is -0.146. The first-order chi connectivity index (χ1) is 14.0. The average Bonchev–Trinajstić information content (AvgIpc) is 2.70. The summed E-state index contributed by atoms with van der Waals surface area (Å²) in [6.45, 7) is 4.60. The molecule has 6 N–H and O–H groups in total. The van der Waals surface area contributed by atoms with Crippen LogP contribution >= 0.6 is 0 Å². The molecule has 0 aromatic heterocycles. The molecule has 0 aliphatic heterocycles. The predicted octanol–water partition coefficient (Wildman–Crippen LogP) is -0.803. The van der Waals surface area contributed by atoms with Gasteiger partial charge in [-0.1, -0.05) is 26.0 Å². The predicted molar refractivity (Wildman–Crippen MR) is 109 cm³/mol. The van der Waals surface area contributed by atoms with E-state index in [1.807, 2.05) is 0 Å². The van der Waals surface area contributed by atoms with E-state index >= 15 is 0 Å². The van der Waals surface area contributed by atoms with Gasteiger partial charge in [-0.25, -0.2) is 4.79 Å². The molecule has 10 nitrogen and oxygen atoms in total. The summed E-state index contributed by atoms with van der Waals surface area (Å²) in [5.74, 6) is -2.32. The molecular weight excluding hydrogens is 392 g/mol. The van der Waals surface area contributed by atoms with Crippen molar-refractivity contribution in [2.75, 3.05) is 13.7 Å². The molecule has 0 heterocycles. The number of hydrogen-bond donors (Lipinski definition) is 5. The lowest BCUT2D eigenvalue weighted by atomic mass is 10.0. The van der Waals surface area contributed by atoms with Gasteiger partial charge in [0, 0.05) is 0 Å². The molecule has 0 radical (unpaired) electrons. The molecule has 1 rings (SSSR count). The molecule has 0 spiro atoms. The van der Waals surface area contributed by atoms with Crippen molar-refractivity contribution in [1.29, 1.82) is 0 Å². The Bertz CT molecular complexity index is 750. The Labute approximate surface area is 175 Å². The van der Waals surface area contributed by atoms with Crippen LogP contribution in [-0.4, -0.2) is 60.6 Å². The summed E-state index contributed by atoms with van der Waals surface area (Å²) in [5, 5.41) is 16.7. The van der Waals surface area contributed by atoms with E-state index in [-0.39, 0.29) is 24.6 Å². The van der Waals surface area contributed by atoms with Gasteiger partial charge in [0.2, 0.25) is 17.7 Å². The minimum Gasteiger partial charge on any atom is -0.508 e. The second kappa shape index (κ2) is 11.8. The molecule has 0 unspecified atom stereocenters. The van der Waals surface area contributed by atoms with Crippen molar-refractivity contribution in [2.24, 2.45) is 11.7 Å². The number of methoxy groups -OCH3 is 1. The van der Waals surface area contributed by atoms with Crippen molar-refractivity contribution in [3.63, 3.8) is 0 Å². The van der Waals surface area contributed by atoms with E-state index in [0.717, 1.165) is 5.56 Å². The number of amides is 3. The van der Waals surface area contributed by atoms with Crippen LogP contribution in [0.4, 0.5) is 0 Å². The van der Waals surface area contributed by atoms with Gasteiger partial charge in [0.1, 0.15) is 17.8 Å². The summed E-state index contributed by atoms with van der Waals surface area (Å²) in [5.41, 5.74) is 6.63. The molecule has 0 bridgehead atoms. The highest BCUT2D eigenvalue weighted by atomic mass is 16.5. The van der Waals surface area contributed by atoms with Crippen LogP contribution in [0.2, 0.25) is 0 Å². The summed E-state index contributed by atoms with van der Waals surface area (Å²) in [6.07, 6.45) is 0.229. The summed E-state index contributed by atoms with van der Waals surface area (Å²) in [6, 6.07) is 3.65. The van der Waals surface area contributed by atoms with Crippen LogP contribution in [0.25, 0.3) is 0 Å². The monoisotopic (exact) mass is 422 g/mol. The molecule has 1 aromatic carbocycles. The highest BCUT2D eigenvalue weighted by molar-refractivity contribution is 5.92. The van der Waals surface area contributed by atoms with Crippen molar-refractivity contribution in [2.45, 2.75) is 45.3 Å². The molecule has 166 valence electrons. The van der Waals surface area contributed by atoms with Gasteiger partial charge < -0.3 is 31.5 Å². The third-order valence-electron chi connectivity index (χ3n) is 4.34. The van der Waals surface area contributed by atoms with Crippen LogP contribution in [0, 0.1) is 5.92 Å². The first-order valence-corrected chi connectivity index (χ1v) is 9.53. The van der Waals surface area contributed by atoms with Crippen molar-refractivity contribution >= 4 is 23.7 Å². The number of ether oxygens (including phenoxy) is 1. The Balaban J connectivity index is 2.47. The Kier molecular flexibility index (Phi) is 9.76. The Morgan fingerprint density at radius 2 is 1.63 bits per heavy atom. The van der Waals surface area contributed by atoms with Gasteiger partial charge in [-0.15, -0.1) is 0 Å². The van der Waals surface area contributed by atoms with Gasteiger partial charge in [0.05, 0.1) is 19.7 Å². The number of carbonyl (C=O) groups is 4. The summed E-state index contributed by atoms with van der Waals surface area (Å²) >= 11 is 0. The number of carbonyl (C=O) groups excluding carboxylic acids is 4. The lowest BCUT2D eigenvalue weighted by Gasteiger charge is -2.20. The third kappa shape index (κ3) is 8.08. The third-order valence-corrected chi connectivity index (χ3v) is 4.34. The number of hydrogen-bond acceptors (Lipinski definition) is 7. The summed E-state index contributed by atoms with van der Waals surface area (Å²) in [4.78, 5) is 48.0. The van der Waals surface area contributed by atoms with Crippen molar-refractivity contribution in [3.8, 4) is 5.75 Å². The Hall–Kier alpha value is -3.14. The fourth-order valence-electron chi connectivity index (χ4n) is 2.53. The second-order valence-corrected chi connectivity index (χ2v) is 7.24. The highest BCUT2D eigenvalue weighted by Crippen LogP contribution is 2.11. The minimum atomic E-state index is -0.919. The van der Waals surface area contributed by atoms with E-state index in [4.69, 9.17) is 5.73 Å². The van der Waals surface area contributed by atoms with E-state index in [1.165, 1.54) is 26.2 Å². The number of esters is 1. The molecule has 0 saturated heterocycles. The highest BCUT2D eigenvalue weighted by Gasteiger charge is 2.25. The molecule has 0 aliphatic carbocycles. The number of aromatic hydroxyl groups is 1. The van der Waals surface area contributed by atoms with E-state index in [9.17, 15) is 24.3 Å². The topological polar surface area (TPSA) is 160 Å². The van der Waals surface area contributed by atoms with E-state index in [1.54, 1.807) is 26.0 Å². The molecule has 3 amide bonds. The van der Waals surface area contributed by atoms with Gasteiger partial charge in [0.25, 0.3) is 0 Å². The van der Waals surface area contributed by atoms with Crippen LogP contribution < -0.4 is 21.7 Å². The molecule has 0 saturated carbocycles. The second-order valence-electron chi connectivity index (χ2n) is 7.24. The fourth-order valence-corrected chi connectivity index (χ4v) is 2.53. The fraction of sp³-hybridized carbons (Fsp3) is 0.500. The standard InChI is InChI=1S/C20H30N4O6/c1-11(2)17(20(29)30-4)24-16(26)10-22-18(27)12(3)23-19(28)15(21)9-13-5-7-14(25)8-6-13/h5-8,11-12,15,17,25H,9-10,21H2,1-4H3,(H,22,27)(H,23,28)(H,24,26)/t12-,15-,17+/m1/s1. The van der Waals surface area contributed by atoms with E-state index < -0.39 is 41.8 Å². The van der Waals surface area contributed by atoms with Crippen LogP contribution in [0.15, 0.2) is 24.3 Å². The average molecular weight is 422 g/mol. The SMILES string of the molecule is COC(=O)[C@@H](NC(=O)CNC(=O)[C@@H](C)NC(=O)[C@H](N)Cc1ccc(O)cc1)C(C)C. The van der Waals surface area contributed by atoms with E-state index in [0.29, 0.717) is 0 Å². The van der Waals surface area contributed by atoms with Crippen molar-refractivity contribution in [3.05, 3.63) is 29.8 Å². The van der Waals surface area contributed by atoms with Gasteiger partial charge in [-0.05, 0) is 37.0 Å². The quantitative estimate of drug-likeness (QED) is 0.308. The van der Waals surface area contributed by atoms with E-state index in [2.05, 4.69) is 20.7 Å². The first kappa shape index (κ1) is 24.9. The maximum atomic E-state index is 12.2. The van der Waals surface area contributed by atoms with Gasteiger partial charge in [0.15, 0.2) is 0 Å². The molecule has 3 atom stereocenters. The number of phenols is 1. The summed E-state index contributed by atoms with van der Waals surface area (Å²) in [7, 11) is 1.22. The maximum Gasteiger partial charge on any atom is 0.328 e. The normalized spacial score (nSPS) is 13.7.